The van der Waals surface area contributed by atoms with Crippen LogP contribution in [-0.2, 0) is 15.8 Å². The Morgan fingerprint density at radius 3 is 2.11 bits per heavy atom. The van der Waals surface area contributed by atoms with Crippen molar-refractivity contribution in [2.45, 2.75) is 38.0 Å². The normalized spacial score (nSPS) is 17.7. The monoisotopic (exact) mass is 541 g/mol. The Morgan fingerprint density at radius 1 is 0.947 bits per heavy atom. The van der Waals surface area contributed by atoms with E-state index < -0.39 is 11.0 Å². The molecule has 38 heavy (non-hydrogen) atoms. The van der Waals surface area contributed by atoms with Gasteiger partial charge >= 0.3 is 0 Å². The maximum absolute atomic E-state index is 13.1. The zero-order valence-corrected chi connectivity index (χ0v) is 24.2. The molecule has 2 aromatic carbocycles. The second-order valence-electron chi connectivity index (χ2n) is 10.4. The van der Waals surface area contributed by atoms with E-state index in [0.717, 1.165) is 53.6 Å². The number of hydrogen-bond donors (Lipinski definition) is 1. The number of carbonyl (C=O) groups is 1. The summed E-state index contributed by atoms with van der Waals surface area (Å²) in [6, 6.07) is 11.9. The first kappa shape index (κ1) is 28.5. The lowest BCUT2D eigenvalue weighted by Gasteiger charge is -2.36. The smallest absolute Gasteiger partial charge is 0.225 e. The number of amides is 1. The summed E-state index contributed by atoms with van der Waals surface area (Å²) in [7, 11) is 2.06. The van der Waals surface area contributed by atoms with Gasteiger partial charge < -0.3 is 19.9 Å². The van der Waals surface area contributed by atoms with Gasteiger partial charge in [0.15, 0.2) is 0 Å². The van der Waals surface area contributed by atoms with Gasteiger partial charge in [-0.1, -0.05) is 0 Å². The molecule has 1 N–H and O–H groups in total. The zero-order chi connectivity index (χ0) is 27.1. The van der Waals surface area contributed by atoms with Crippen molar-refractivity contribution in [3.8, 4) is 5.75 Å². The molecule has 2 aliphatic rings. The Labute approximate surface area is 230 Å². The number of benzene rings is 2. The van der Waals surface area contributed by atoms with E-state index in [0.29, 0.717) is 6.54 Å². The van der Waals surface area contributed by atoms with Gasteiger partial charge in [0.05, 0.1) is 12.0 Å². The van der Waals surface area contributed by atoms with Gasteiger partial charge in [-0.25, -0.2) is 8.51 Å². The molecule has 2 fully saturated rings. The summed E-state index contributed by atoms with van der Waals surface area (Å²) in [4.78, 5) is 21.0. The van der Waals surface area contributed by atoms with Crippen molar-refractivity contribution in [1.29, 1.82) is 0 Å². The Morgan fingerprint density at radius 2 is 1.53 bits per heavy atom. The molecule has 2 aromatic rings. The summed E-state index contributed by atoms with van der Waals surface area (Å²) < 4.78 is 20.1. The highest BCUT2D eigenvalue weighted by atomic mass is 32.2. The third-order valence-electron chi connectivity index (χ3n) is 7.60. The van der Waals surface area contributed by atoms with Crippen LogP contribution in [0.1, 0.15) is 30.4 Å². The molecule has 0 radical (unpaired) electrons. The van der Waals surface area contributed by atoms with Crippen molar-refractivity contribution in [1.82, 2.24) is 14.1 Å². The van der Waals surface area contributed by atoms with E-state index in [2.05, 4.69) is 32.1 Å². The minimum Gasteiger partial charge on any atom is -0.497 e. The van der Waals surface area contributed by atoms with E-state index in [1.54, 1.807) is 18.5 Å². The third-order valence-corrected chi connectivity index (χ3v) is 9.34. The van der Waals surface area contributed by atoms with Crippen LogP contribution in [0.5, 0.6) is 5.75 Å². The fraction of sp³-hybridized carbons (Fsp3) is 0.552. The average Bonchev–Trinajstić information content (AvgIpc) is 3.44. The van der Waals surface area contributed by atoms with Crippen LogP contribution in [0.2, 0.25) is 0 Å². The van der Waals surface area contributed by atoms with Crippen LogP contribution in [0, 0.1) is 13.8 Å². The molecule has 1 unspecified atom stereocenters. The number of nitrogens with zero attached hydrogens (tertiary/aromatic N) is 4. The van der Waals surface area contributed by atoms with Crippen molar-refractivity contribution in [3.05, 3.63) is 47.5 Å². The molecular formula is C29H43N5O3S. The second-order valence-corrected chi connectivity index (χ2v) is 11.9. The summed E-state index contributed by atoms with van der Waals surface area (Å²) in [6.07, 6.45) is 2.97. The number of carbonyl (C=O) groups excluding carboxylic acids is 1. The third kappa shape index (κ3) is 7.56. The largest absolute Gasteiger partial charge is 0.497 e. The molecule has 8 nitrogen and oxygen atoms in total. The van der Waals surface area contributed by atoms with Gasteiger partial charge in [-0.3, -0.25) is 9.69 Å². The number of nitrogens with one attached hydrogen (secondary N) is 1. The van der Waals surface area contributed by atoms with Gasteiger partial charge in [0, 0.05) is 70.7 Å². The summed E-state index contributed by atoms with van der Waals surface area (Å²) in [5.41, 5.74) is 3.82. The molecular weight excluding hydrogens is 498 g/mol. The number of piperazine rings is 1. The van der Waals surface area contributed by atoms with E-state index in [1.165, 1.54) is 44.7 Å². The van der Waals surface area contributed by atoms with E-state index in [4.69, 9.17) is 4.74 Å². The van der Waals surface area contributed by atoms with Crippen LogP contribution >= 0.6 is 0 Å². The Balaban J connectivity index is 1.20. The van der Waals surface area contributed by atoms with E-state index in [9.17, 15) is 9.00 Å². The number of aryl methyl sites for hydroxylation is 2. The van der Waals surface area contributed by atoms with Crippen molar-refractivity contribution in [2.24, 2.45) is 0 Å². The summed E-state index contributed by atoms with van der Waals surface area (Å²) in [6.45, 7) is 13.4. The highest BCUT2D eigenvalue weighted by Crippen LogP contribution is 2.26. The SMILES string of the molecule is COc1cc(C)c(S(=O)N(C)CCC(=O)Nc2ccc(N3CCN(CCN4CCCC4)CC3)cc2)c(C)c1. The summed E-state index contributed by atoms with van der Waals surface area (Å²) >= 11 is 0. The number of rotatable bonds is 11. The maximum atomic E-state index is 13.1. The minimum atomic E-state index is -1.35. The lowest BCUT2D eigenvalue weighted by atomic mass is 10.1. The highest BCUT2D eigenvalue weighted by molar-refractivity contribution is 7.82. The molecule has 0 spiro atoms. The van der Waals surface area contributed by atoms with Gasteiger partial charge in [-0.15, -0.1) is 0 Å². The number of methoxy groups -OCH3 is 1. The topological polar surface area (TPSA) is 68.4 Å². The van der Waals surface area contributed by atoms with E-state index in [-0.39, 0.29) is 12.3 Å². The molecule has 208 valence electrons. The molecule has 0 saturated carbocycles. The minimum absolute atomic E-state index is 0.0867. The quantitative estimate of drug-likeness (QED) is 0.470. The van der Waals surface area contributed by atoms with Crippen LogP contribution in [0.3, 0.4) is 0 Å². The Bertz CT molecular complexity index is 1070. The molecule has 2 aliphatic heterocycles. The first-order valence-electron chi connectivity index (χ1n) is 13.7. The van der Waals surface area contributed by atoms with Crippen molar-refractivity contribution < 1.29 is 13.7 Å². The molecule has 0 bridgehead atoms. The average molecular weight is 542 g/mol. The van der Waals surface area contributed by atoms with Gasteiger partial charge in [0.25, 0.3) is 0 Å². The first-order chi connectivity index (χ1) is 18.3. The van der Waals surface area contributed by atoms with Gasteiger partial charge in [0.1, 0.15) is 16.7 Å². The van der Waals surface area contributed by atoms with E-state index >= 15 is 0 Å². The molecule has 2 heterocycles. The van der Waals surface area contributed by atoms with Crippen molar-refractivity contribution in [2.75, 3.05) is 83.3 Å². The summed E-state index contributed by atoms with van der Waals surface area (Å²) in [5, 5.41) is 2.98. The van der Waals surface area contributed by atoms with Crippen LogP contribution in [0.4, 0.5) is 11.4 Å². The zero-order valence-electron chi connectivity index (χ0n) is 23.4. The van der Waals surface area contributed by atoms with Gasteiger partial charge in [-0.05, 0) is 87.3 Å². The van der Waals surface area contributed by atoms with Gasteiger partial charge in [-0.2, -0.15) is 0 Å². The first-order valence-corrected chi connectivity index (χ1v) is 14.8. The van der Waals surface area contributed by atoms with Crippen molar-refractivity contribution >= 4 is 28.3 Å². The number of ether oxygens (including phenoxy) is 1. The molecule has 0 aromatic heterocycles. The Kier molecular flexibility index (Phi) is 10.2. The lowest BCUT2D eigenvalue weighted by Crippen LogP contribution is -2.48. The molecule has 4 rings (SSSR count). The number of anilines is 2. The molecule has 1 amide bonds. The molecule has 2 saturated heterocycles. The standard InChI is InChI=1S/C29H43N5O3S/c1-23-21-27(37-4)22-24(2)29(23)38(36)31(3)14-11-28(35)30-25-7-9-26(10-8-25)34-19-17-33(18-20-34)16-15-32-12-5-6-13-32/h7-10,21-22H,5-6,11-20H2,1-4H3,(H,30,35). The fourth-order valence-corrected chi connectivity index (χ4v) is 6.54. The number of likely N-dealkylation sites (tertiary alicyclic amines) is 1. The predicted octanol–water partition coefficient (Wildman–Crippen LogP) is 3.51. The molecule has 1 atom stereocenters. The van der Waals surface area contributed by atoms with Crippen LogP contribution in [0.25, 0.3) is 0 Å². The van der Waals surface area contributed by atoms with Crippen LogP contribution in [0.15, 0.2) is 41.3 Å². The van der Waals surface area contributed by atoms with Gasteiger partial charge in [0.2, 0.25) is 5.91 Å². The predicted molar refractivity (Wildman–Crippen MR) is 156 cm³/mol. The number of hydrogen-bond acceptors (Lipinski definition) is 6. The Hall–Kier alpha value is -2.46. The van der Waals surface area contributed by atoms with Crippen LogP contribution in [-0.4, -0.2) is 97.3 Å². The lowest BCUT2D eigenvalue weighted by molar-refractivity contribution is -0.116. The summed E-state index contributed by atoms with van der Waals surface area (Å²) in [5.74, 6) is 0.667. The van der Waals surface area contributed by atoms with Crippen LogP contribution < -0.4 is 15.0 Å². The molecule has 0 aliphatic carbocycles. The van der Waals surface area contributed by atoms with Crippen molar-refractivity contribution in [3.63, 3.8) is 0 Å². The molecule has 9 heteroatoms. The maximum Gasteiger partial charge on any atom is 0.225 e. The highest BCUT2D eigenvalue weighted by Gasteiger charge is 2.20. The van der Waals surface area contributed by atoms with E-state index in [1.807, 2.05) is 38.1 Å². The second kappa shape index (κ2) is 13.6. The fourth-order valence-electron chi connectivity index (χ4n) is 5.30.